The number of fused-ring (bicyclic) bond motifs is 1. The molecule has 4 atom stereocenters. The van der Waals surface area contributed by atoms with Crippen molar-refractivity contribution in [1.82, 2.24) is 20.2 Å². The number of carbonyl (C=O) groups is 3. The van der Waals surface area contributed by atoms with E-state index in [4.69, 9.17) is 24.2 Å². The van der Waals surface area contributed by atoms with Crippen LogP contribution in [0, 0.1) is 12.8 Å². The molecule has 0 unspecified atom stereocenters. The van der Waals surface area contributed by atoms with E-state index in [-0.39, 0.29) is 25.3 Å². The lowest BCUT2D eigenvalue weighted by atomic mass is 10.1. The molecule has 0 spiro atoms. The molecule has 12 heteroatoms. The van der Waals surface area contributed by atoms with Gasteiger partial charge in [-0.1, -0.05) is 19.9 Å². The van der Waals surface area contributed by atoms with Gasteiger partial charge in [0.05, 0.1) is 24.9 Å². The first kappa shape index (κ1) is 32.2. The van der Waals surface area contributed by atoms with Crippen molar-refractivity contribution < 1.29 is 33.7 Å². The number of hydrogen-bond donors (Lipinski definition) is 2. The number of nitrogens with one attached hydrogen (secondary N) is 1. The van der Waals surface area contributed by atoms with Crippen LogP contribution in [0.4, 0.5) is 4.79 Å². The van der Waals surface area contributed by atoms with Crippen molar-refractivity contribution >= 4 is 40.2 Å². The Morgan fingerprint density at radius 1 is 1.22 bits per heavy atom. The molecule has 3 heterocycles. The summed E-state index contributed by atoms with van der Waals surface area (Å²) in [5, 5.41) is 16.1. The summed E-state index contributed by atoms with van der Waals surface area (Å²) in [4.78, 5) is 50.1. The Kier molecular flexibility index (Phi) is 8.56. The van der Waals surface area contributed by atoms with Crippen LogP contribution in [-0.4, -0.2) is 74.9 Å². The van der Waals surface area contributed by atoms with Crippen LogP contribution in [0.25, 0.3) is 21.6 Å². The summed E-state index contributed by atoms with van der Waals surface area (Å²) in [6.45, 7) is 15.1. The Hall–Kier alpha value is -4.19. The number of pyridine rings is 1. The van der Waals surface area contributed by atoms with Crippen molar-refractivity contribution in [2.24, 2.45) is 5.92 Å². The number of aliphatic carboxylic acids is 1. The summed E-state index contributed by atoms with van der Waals surface area (Å²) in [7, 11) is 1.60. The molecule has 5 rings (SSSR count). The monoisotopic (exact) mass is 636 g/mol. The number of carboxylic acid groups (broad SMARTS) is 1. The molecular weight excluding hydrogens is 596 g/mol. The van der Waals surface area contributed by atoms with Gasteiger partial charge in [0, 0.05) is 34.7 Å². The number of likely N-dealkylation sites (tertiary alicyclic amines) is 1. The maximum atomic E-state index is 13.6. The van der Waals surface area contributed by atoms with Gasteiger partial charge in [-0.15, -0.1) is 17.9 Å². The standard InChI is InChI=1S/C33H40N4O7S/c1-9-19-14-33(19,30(39)40)36-28(38)24-12-20(15-37(24)31(41)44-32(5,6)7)43-26-13-22(29-35-23(16-45-29)17(2)3)34-27-18(4)25(42-8)11-10-21(26)27/h9-11,13,16-17,19-20,24H,1,12,14-15H2,2-8H3,(H,36,38)(H,39,40)/t19-,20-,24+,33-/m1/s1. The average Bonchev–Trinajstić information content (AvgIpc) is 3.28. The van der Waals surface area contributed by atoms with E-state index >= 15 is 0 Å². The molecule has 2 aliphatic rings. The third-order valence-electron chi connectivity index (χ3n) is 8.21. The summed E-state index contributed by atoms with van der Waals surface area (Å²) < 4.78 is 17.8. The molecule has 1 aliphatic heterocycles. The Labute approximate surface area is 266 Å². The largest absolute Gasteiger partial charge is 0.496 e. The molecule has 240 valence electrons. The Morgan fingerprint density at radius 2 is 1.96 bits per heavy atom. The van der Waals surface area contributed by atoms with Gasteiger partial charge in [0.15, 0.2) is 0 Å². The van der Waals surface area contributed by atoms with Crippen molar-refractivity contribution in [3.63, 3.8) is 0 Å². The van der Waals surface area contributed by atoms with E-state index in [0.29, 0.717) is 22.7 Å². The molecule has 1 saturated carbocycles. The van der Waals surface area contributed by atoms with Crippen molar-refractivity contribution in [3.8, 4) is 22.2 Å². The number of rotatable bonds is 9. The fraction of sp³-hybridized carbons (Fsp3) is 0.485. The number of aryl methyl sites for hydroxylation is 1. The number of ether oxygens (including phenoxy) is 3. The third kappa shape index (κ3) is 6.33. The highest BCUT2D eigenvalue weighted by molar-refractivity contribution is 7.13. The van der Waals surface area contributed by atoms with Crippen LogP contribution in [0.2, 0.25) is 0 Å². The second kappa shape index (κ2) is 12.0. The number of carbonyl (C=O) groups excluding carboxylic acids is 2. The lowest BCUT2D eigenvalue weighted by molar-refractivity contribution is -0.144. The van der Waals surface area contributed by atoms with Crippen LogP contribution >= 0.6 is 11.3 Å². The Bertz CT molecular complexity index is 1660. The van der Waals surface area contributed by atoms with Gasteiger partial charge in [-0.3, -0.25) is 9.69 Å². The lowest BCUT2D eigenvalue weighted by Gasteiger charge is -2.28. The van der Waals surface area contributed by atoms with Crippen LogP contribution in [-0.2, 0) is 14.3 Å². The van der Waals surface area contributed by atoms with Crippen molar-refractivity contribution in [1.29, 1.82) is 0 Å². The van der Waals surface area contributed by atoms with Gasteiger partial charge in [0.1, 0.15) is 45.5 Å². The van der Waals surface area contributed by atoms with E-state index in [2.05, 4.69) is 25.7 Å². The number of nitrogens with zero attached hydrogens (tertiary/aromatic N) is 3. The second-order valence-corrected chi connectivity index (χ2v) is 13.8. The highest BCUT2D eigenvalue weighted by Crippen LogP contribution is 2.45. The zero-order valence-electron chi connectivity index (χ0n) is 26.7. The molecule has 11 nitrogen and oxygen atoms in total. The predicted molar refractivity (Wildman–Crippen MR) is 171 cm³/mol. The number of benzene rings is 1. The quantitative estimate of drug-likeness (QED) is 0.283. The summed E-state index contributed by atoms with van der Waals surface area (Å²) in [5.74, 6) is -0.659. The maximum absolute atomic E-state index is 13.6. The van der Waals surface area contributed by atoms with Gasteiger partial charge in [0.25, 0.3) is 0 Å². The summed E-state index contributed by atoms with van der Waals surface area (Å²) in [5.41, 5.74) is 0.877. The molecule has 2 N–H and O–H groups in total. The molecule has 1 saturated heterocycles. The van der Waals surface area contributed by atoms with Crippen molar-refractivity contribution in [2.75, 3.05) is 13.7 Å². The SMILES string of the molecule is C=C[C@@H]1C[C@]1(NC(=O)[C@@H]1C[C@@H](Oc2cc(-c3nc(C(C)C)cs3)nc3c(C)c(OC)ccc23)CN1C(=O)OC(C)(C)C)C(=O)O. The predicted octanol–water partition coefficient (Wildman–Crippen LogP) is 5.70. The summed E-state index contributed by atoms with van der Waals surface area (Å²) in [6.07, 6.45) is 0.602. The first-order valence-electron chi connectivity index (χ1n) is 15.0. The molecule has 0 bridgehead atoms. The summed E-state index contributed by atoms with van der Waals surface area (Å²) >= 11 is 1.50. The Morgan fingerprint density at radius 3 is 2.53 bits per heavy atom. The van der Waals surface area contributed by atoms with Crippen molar-refractivity contribution in [2.45, 2.75) is 83.6 Å². The number of carboxylic acids is 1. The van der Waals surface area contributed by atoms with Crippen LogP contribution in [0.1, 0.15) is 64.6 Å². The number of hydrogen-bond acceptors (Lipinski definition) is 9. The minimum Gasteiger partial charge on any atom is -0.496 e. The number of thiazole rings is 1. The van der Waals surface area contributed by atoms with Crippen molar-refractivity contribution in [3.05, 3.63) is 47.5 Å². The minimum absolute atomic E-state index is 0.0565. The third-order valence-corrected chi connectivity index (χ3v) is 9.10. The normalized spacial score (nSPS) is 22.8. The zero-order valence-corrected chi connectivity index (χ0v) is 27.5. The molecule has 2 amide bonds. The molecule has 0 radical (unpaired) electrons. The van der Waals surface area contributed by atoms with E-state index in [0.717, 1.165) is 21.7 Å². The first-order chi connectivity index (χ1) is 21.2. The zero-order chi connectivity index (χ0) is 32.8. The topological polar surface area (TPSA) is 140 Å². The first-order valence-corrected chi connectivity index (χ1v) is 15.8. The fourth-order valence-corrected chi connectivity index (χ4v) is 6.57. The maximum Gasteiger partial charge on any atom is 0.411 e. The van der Waals surface area contributed by atoms with Gasteiger partial charge < -0.3 is 24.6 Å². The van der Waals surface area contributed by atoms with Gasteiger partial charge in [-0.25, -0.2) is 19.6 Å². The molecular formula is C33H40N4O7S. The van der Waals surface area contributed by atoms with Crippen LogP contribution in [0.5, 0.6) is 11.5 Å². The lowest BCUT2D eigenvalue weighted by Crippen LogP contribution is -2.53. The van der Waals surface area contributed by atoms with Crippen LogP contribution in [0.3, 0.4) is 0 Å². The second-order valence-electron chi connectivity index (χ2n) is 13.0. The van der Waals surface area contributed by atoms with Gasteiger partial charge in [0.2, 0.25) is 5.91 Å². The Balaban J connectivity index is 1.50. The molecule has 3 aromatic rings. The van der Waals surface area contributed by atoms with Gasteiger partial charge >= 0.3 is 12.1 Å². The molecule has 2 fully saturated rings. The molecule has 1 aromatic carbocycles. The van der Waals surface area contributed by atoms with Gasteiger partial charge in [-0.2, -0.15) is 0 Å². The number of aromatic nitrogens is 2. The summed E-state index contributed by atoms with van der Waals surface area (Å²) in [6, 6.07) is 4.55. The van der Waals surface area contributed by atoms with Crippen LogP contribution in [0.15, 0.2) is 36.2 Å². The smallest absolute Gasteiger partial charge is 0.411 e. The number of methoxy groups -OCH3 is 1. The molecule has 2 aromatic heterocycles. The molecule has 45 heavy (non-hydrogen) atoms. The number of amides is 2. The minimum atomic E-state index is -1.44. The van der Waals surface area contributed by atoms with E-state index in [1.165, 1.54) is 22.3 Å². The molecule has 1 aliphatic carbocycles. The van der Waals surface area contributed by atoms with E-state index in [1.807, 2.05) is 30.5 Å². The van der Waals surface area contributed by atoms with Gasteiger partial charge in [-0.05, 0) is 52.2 Å². The van der Waals surface area contributed by atoms with Crippen LogP contribution < -0.4 is 14.8 Å². The highest BCUT2D eigenvalue weighted by Gasteiger charge is 2.61. The van der Waals surface area contributed by atoms with E-state index < -0.39 is 47.2 Å². The highest BCUT2D eigenvalue weighted by atomic mass is 32.1. The van der Waals surface area contributed by atoms with E-state index in [1.54, 1.807) is 27.9 Å². The average molecular weight is 637 g/mol. The van der Waals surface area contributed by atoms with E-state index in [9.17, 15) is 19.5 Å². The fourth-order valence-electron chi connectivity index (χ4n) is 5.63.